The summed E-state index contributed by atoms with van der Waals surface area (Å²) < 4.78 is 30.0. The van der Waals surface area contributed by atoms with E-state index in [2.05, 4.69) is 14.7 Å². The molecule has 4 heterocycles. The largest absolute Gasteiger partial charge is 0.382 e. The van der Waals surface area contributed by atoms with Crippen LogP contribution in [0.15, 0.2) is 40.9 Å². The average Bonchev–Trinajstić information content (AvgIpc) is 3.41. The number of anilines is 1. The molecule has 8 nitrogen and oxygen atoms in total. The molecule has 1 aromatic carbocycles. The highest BCUT2D eigenvalue weighted by molar-refractivity contribution is 7.91. The SMILES string of the molecule is Nc1ncnc2cc(CN3CC[C@H](NS(=O)(=O)c4cc5ccc(Cl)cc5s4)C3=O)sc12. The van der Waals surface area contributed by atoms with Crippen LogP contribution in [0.4, 0.5) is 5.82 Å². The summed E-state index contributed by atoms with van der Waals surface area (Å²) in [7, 11) is -3.83. The van der Waals surface area contributed by atoms with Gasteiger partial charge in [-0.2, -0.15) is 4.72 Å². The quantitative estimate of drug-likeness (QED) is 0.440. The van der Waals surface area contributed by atoms with Gasteiger partial charge in [0.2, 0.25) is 5.91 Å². The Balaban J connectivity index is 1.32. The number of thiophene rings is 2. The number of benzene rings is 1. The smallest absolute Gasteiger partial charge is 0.250 e. The number of halogens is 1. The number of hydrogen-bond acceptors (Lipinski definition) is 8. The van der Waals surface area contributed by atoms with Crippen LogP contribution < -0.4 is 10.5 Å². The fourth-order valence-corrected chi connectivity index (χ4v) is 7.49. The molecule has 0 radical (unpaired) electrons. The van der Waals surface area contributed by atoms with Crippen molar-refractivity contribution in [1.82, 2.24) is 19.6 Å². The van der Waals surface area contributed by atoms with Crippen LogP contribution in [0, 0.1) is 0 Å². The van der Waals surface area contributed by atoms with Crippen LogP contribution >= 0.6 is 34.3 Å². The minimum absolute atomic E-state index is 0.162. The number of nitrogen functional groups attached to an aromatic ring is 1. The summed E-state index contributed by atoms with van der Waals surface area (Å²) in [5.74, 6) is 0.161. The van der Waals surface area contributed by atoms with Gasteiger partial charge in [-0.15, -0.1) is 22.7 Å². The van der Waals surface area contributed by atoms with Crippen molar-refractivity contribution in [2.75, 3.05) is 12.3 Å². The first kappa shape index (κ1) is 20.6. The number of nitrogens with zero attached hydrogens (tertiary/aromatic N) is 3. The summed E-state index contributed by atoms with van der Waals surface area (Å²) in [6.45, 7) is 0.836. The molecule has 1 amide bonds. The van der Waals surface area contributed by atoms with Crippen molar-refractivity contribution in [3.05, 3.63) is 46.6 Å². The van der Waals surface area contributed by atoms with Crippen molar-refractivity contribution in [1.29, 1.82) is 0 Å². The fourth-order valence-electron chi connectivity index (χ4n) is 3.55. The number of likely N-dealkylation sites (tertiary alicyclic amines) is 1. The zero-order valence-electron chi connectivity index (χ0n) is 15.9. The van der Waals surface area contributed by atoms with Crippen molar-refractivity contribution in [2.24, 2.45) is 0 Å². The standard InChI is InChI=1S/C19H16ClN5O3S3/c20-11-2-1-10-5-16(30-15(10)6-11)31(27,28)24-13-3-4-25(19(13)26)8-12-7-14-17(29-12)18(21)23-9-22-14/h1-2,5-7,9,13,24H,3-4,8H2,(H2,21,22,23)/t13-/m0/s1. The first-order valence-electron chi connectivity index (χ1n) is 9.29. The van der Waals surface area contributed by atoms with Gasteiger partial charge in [0.05, 0.1) is 16.8 Å². The summed E-state index contributed by atoms with van der Waals surface area (Å²) in [4.78, 5) is 23.6. The van der Waals surface area contributed by atoms with Crippen molar-refractivity contribution in [2.45, 2.75) is 23.2 Å². The number of amides is 1. The molecule has 0 aliphatic carbocycles. The molecule has 160 valence electrons. The molecule has 0 saturated carbocycles. The summed E-state index contributed by atoms with van der Waals surface area (Å²) in [6, 6.07) is 7.90. The third kappa shape index (κ3) is 3.87. The van der Waals surface area contributed by atoms with E-state index in [0.29, 0.717) is 30.4 Å². The Labute approximate surface area is 190 Å². The molecule has 0 bridgehead atoms. The van der Waals surface area contributed by atoms with E-state index < -0.39 is 16.1 Å². The number of rotatable bonds is 5. The topological polar surface area (TPSA) is 118 Å². The Bertz CT molecular complexity index is 1430. The van der Waals surface area contributed by atoms with Gasteiger partial charge >= 0.3 is 0 Å². The average molecular weight is 494 g/mol. The van der Waals surface area contributed by atoms with Gasteiger partial charge in [0.1, 0.15) is 22.4 Å². The Morgan fingerprint density at radius 1 is 1.23 bits per heavy atom. The van der Waals surface area contributed by atoms with Crippen molar-refractivity contribution >= 4 is 76.3 Å². The Morgan fingerprint density at radius 3 is 2.87 bits per heavy atom. The van der Waals surface area contributed by atoms with Crippen LogP contribution in [-0.2, 0) is 21.4 Å². The highest BCUT2D eigenvalue weighted by Gasteiger charge is 2.35. The molecule has 1 fully saturated rings. The lowest BCUT2D eigenvalue weighted by atomic mass is 10.3. The molecule has 4 aromatic rings. The van der Waals surface area contributed by atoms with Gasteiger partial charge in [-0.25, -0.2) is 18.4 Å². The van der Waals surface area contributed by atoms with Gasteiger partial charge in [0.15, 0.2) is 0 Å². The van der Waals surface area contributed by atoms with E-state index in [1.807, 2.05) is 6.07 Å². The van der Waals surface area contributed by atoms with E-state index in [1.54, 1.807) is 29.2 Å². The number of sulfonamides is 1. The van der Waals surface area contributed by atoms with E-state index in [0.717, 1.165) is 36.5 Å². The third-order valence-electron chi connectivity index (χ3n) is 5.06. The molecule has 1 saturated heterocycles. The lowest BCUT2D eigenvalue weighted by Crippen LogP contribution is -2.40. The van der Waals surface area contributed by atoms with Crippen molar-refractivity contribution in [3.8, 4) is 0 Å². The predicted molar refractivity (Wildman–Crippen MR) is 123 cm³/mol. The van der Waals surface area contributed by atoms with Crippen molar-refractivity contribution in [3.63, 3.8) is 0 Å². The molecule has 0 unspecified atom stereocenters. The number of aromatic nitrogens is 2. The Morgan fingerprint density at radius 2 is 2.06 bits per heavy atom. The number of carbonyl (C=O) groups excluding carboxylic acids is 1. The minimum Gasteiger partial charge on any atom is -0.382 e. The number of fused-ring (bicyclic) bond motifs is 2. The molecule has 1 atom stereocenters. The second-order valence-corrected chi connectivity index (χ2v) is 11.8. The molecule has 3 aromatic heterocycles. The number of carbonyl (C=O) groups is 1. The number of hydrogen-bond donors (Lipinski definition) is 2. The molecule has 1 aliphatic rings. The van der Waals surface area contributed by atoms with Crippen molar-refractivity contribution < 1.29 is 13.2 Å². The van der Waals surface area contributed by atoms with Gasteiger partial charge in [-0.1, -0.05) is 17.7 Å². The Kier molecular flexibility index (Phi) is 5.10. The van der Waals surface area contributed by atoms with Crippen LogP contribution in [0.5, 0.6) is 0 Å². The van der Waals surface area contributed by atoms with E-state index in [-0.39, 0.29) is 10.1 Å². The second kappa shape index (κ2) is 7.68. The van der Waals surface area contributed by atoms with E-state index >= 15 is 0 Å². The van der Waals surface area contributed by atoms with Crippen LogP contribution in [0.2, 0.25) is 5.02 Å². The minimum atomic E-state index is -3.83. The highest BCUT2D eigenvalue weighted by atomic mass is 35.5. The van der Waals surface area contributed by atoms with Crippen LogP contribution in [0.25, 0.3) is 20.3 Å². The predicted octanol–water partition coefficient (Wildman–Crippen LogP) is 3.22. The third-order valence-corrected chi connectivity index (χ3v) is 9.47. The molecule has 5 rings (SSSR count). The van der Waals surface area contributed by atoms with Gasteiger partial charge in [-0.3, -0.25) is 4.79 Å². The summed E-state index contributed by atoms with van der Waals surface area (Å²) in [5.41, 5.74) is 6.62. The maximum absolute atomic E-state index is 12.9. The van der Waals surface area contributed by atoms with Gasteiger partial charge in [-0.05, 0) is 36.1 Å². The summed E-state index contributed by atoms with van der Waals surface area (Å²) in [6.07, 6.45) is 1.81. The van der Waals surface area contributed by atoms with Crippen LogP contribution in [-0.4, -0.2) is 41.8 Å². The Hall–Kier alpha value is -2.31. The highest BCUT2D eigenvalue weighted by Crippen LogP contribution is 2.32. The van der Waals surface area contributed by atoms with E-state index in [1.165, 1.54) is 17.7 Å². The number of nitrogens with two attached hydrogens (primary N) is 1. The normalized spacial score (nSPS) is 17.3. The van der Waals surface area contributed by atoms with E-state index in [4.69, 9.17) is 17.3 Å². The fraction of sp³-hybridized carbons (Fsp3) is 0.211. The molecule has 3 N–H and O–H groups in total. The van der Waals surface area contributed by atoms with Gasteiger partial charge in [0, 0.05) is 21.1 Å². The first-order valence-corrected chi connectivity index (χ1v) is 12.8. The number of nitrogens with one attached hydrogen (secondary N) is 1. The molecule has 31 heavy (non-hydrogen) atoms. The molecular weight excluding hydrogens is 478 g/mol. The van der Waals surface area contributed by atoms with Crippen LogP contribution in [0.1, 0.15) is 11.3 Å². The lowest BCUT2D eigenvalue weighted by molar-refractivity contribution is -0.129. The monoisotopic (exact) mass is 493 g/mol. The zero-order valence-corrected chi connectivity index (χ0v) is 19.1. The zero-order chi connectivity index (χ0) is 21.8. The summed E-state index contributed by atoms with van der Waals surface area (Å²) in [5, 5.41) is 1.34. The van der Waals surface area contributed by atoms with Crippen LogP contribution in [0.3, 0.4) is 0 Å². The first-order chi connectivity index (χ1) is 14.8. The van der Waals surface area contributed by atoms with Gasteiger partial charge in [0.25, 0.3) is 10.0 Å². The molecule has 12 heteroatoms. The van der Waals surface area contributed by atoms with Gasteiger partial charge < -0.3 is 10.6 Å². The molecule has 0 spiro atoms. The maximum atomic E-state index is 12.9. The second-order valence-electron chi connectivity index (χ2n) is 7.16. The molecular formula is C19H16ClN5O3S3. The maximum Gasteiger partial charge on any atom is 0.250 e. The summed E-state index contributed by atoms with van der Waals surface area (Å²) >= 11 is 8.56. The van der Waals surface area contributed by atoms with E-state index in [9.17, 15) is 13.2 Å². The molecule has 1 aliphatic heterocycles. The lowest BCUT2D eigenvalue weighted by Gasteiger charge is -2.16.